The van der Waals surface area contributed by atoms with Crippen molar-refractivity contribution in [3.8, 4) is 0 Å². The molecule has 4 heteroatoms. The van der Waals surface area contributed by atoms with E-state index in [9.17, 15) is 0 Å². The van der Waals surface area contributed by atoms with Gasteiger partial charge in [-0.1, -0.05) is 13.8 Å². The second-order valence-corrected chi connectivity index (χ2v) is 4.41. The summed E-state index contributed by atoms with van der Waals surface area (Å²) in [4.78, 5) is 0. The third-order valence-corrected chi connectivity index (χ3v) is 2.05. The fourth-order valence-electron chi connectivity index (χ4n) is 1.25. The van der Waals surface area contributed by atoms with Gasteiger partial charge in [0.2, 0.25) is 0 Å². The van der Waals surface area contributed by atoms with Gasteiger partial charge in [0, 0.05) is 18.8 Å². The van der Waals surface area contributed by atoms with Crippen molar-refractivity contribution in [2.45, 2.75) is 40.3 Å². The van der Waals surface area contributed by atoms with E-state index >= 15 is 0 Å². The fourth-order valence-corrected chi connectivity index (χ4v) is 1.25. The molecule has 0 amide bonds. The van der Waals surface area contributed by atoms with Crippen molar-refractivity contribution in [3.05, 3.63) is 18.0 Å². The van der Waals surface area contributed by atoms with Crippen molar-refractivity contribution >= 4 is 12.4 Å². The second-order valence-electron chi connectivity index (χ2n) is 4.41. The maximum Gasteiger partial charge on any atom is 0.0762 e. The highest BCUT2D eigenvalue weighted by atomic mass is 35.5. The molecular formula is C11H22ClN3. The van der Waals surface area contributed by atoms with E-state index in [0.29, 0.717) is 12.0 Å². The summed E-state index contributed by atoms with van der Waals surface area (Å²) in [5, 5.41) is 7.84. The Balaban J connectivity index is 0.00000196. The molecule has 0 saturated carbocycles. The van der Waals surface area contributed by atoms with E-state index in [-0.39, 0.29) is 12.4 Å². The minimum atomic E-state index is 0. The summed E-state index contributed by atoms with van der Waals surface area (Å²) in [5.74, 6) is 0.696. The van der Waals surface area contributed by atoms with E-state index in [1.807, 2.05) is 10.9 Å². The van der Waals surface area contributed by atoms with Crippen LogP contribution < -0.4 is 5.32 Å². The quantitative estimate of drug-likeness (QED) is 0.845. The summed E-state index contributed by atoms with van der Waals surface area (Å²) in [6.45, 7) is 10.6. The monoisotopic (exact) mass is 231 g/mol. The van der Waals surface area contributed by atoms with Crippen LogP contribution in [0.5, 0.6) is 0 Å². The molecule has 0 aliphatic rings. The Morgan fingerprint density at radius 1 is 1.33 bits per heavy atom. The molecule has 0 bridgehead atoms. The van der Waals surface area contributed by atoms with Crippen LogP contribution in [0.25, 0.3) is 0 Å². The Morgan fingerprint density at radius 3 is 2.47 bits per heavy atom. The van der Waals surface area contributed by atoms with Gasteiger partial charge in [-0.2, -0.15) is 5.10 Å². The van der Waals surface area contributed by atoms with Crippen LogP contribution in [0.2, 0.25) is 0 Å². The highest BCUT2D eigenvalue weighted by Gasteiger charge is 2.01. The lowest BCUT2D eigenvalue weighted by atomic mass is 10.2. The summed E-state index contributed by atoms with van der Waals surface area (Å²) in [6, 6.07) is 2.53. The van der Waals surface area contributed by atoms with Gasteiger partial charge < -0.3 is 5.32 Å². The lowest BCUT2D eigenvalue weighted by molar-refractivity contribution is 0.511. The summed E-state index contributed by atoms with van der Waals surface area (Å²) in [7, 11) is 0. The van der Waals surface area contributed by atoms with Crippen LogP contribution in [0.3, 0.4) is 0 Å². The number of hydrogen-bond acceptors (Lipinski definition) is 2. The molecule has 1 N–H and O–H groups in total. The highest BCUT2D eigenvalue weighted by Crippen LogP contribution is 2.03. The normalized spacial score (nSPS) is 10.8. The first-order chi connectivity index (χ1) is 6.59. The molecule has 0 unspecified atom stereocenters. The van der Waals surface area contributed by atoms with Gasteiger partial charge in [-0.15, -0.1) is 12.4 Å². The van der Waals surface area contributed by atoms with Crippen molar-refractivity contribution in [3.63, 3.8) is 0 Å². The molecule has 0 aliphatic carbocycles. The molecule has 88 valence electrons. The average Bonchev–Trinajstić information content (AvgIpc) is 2.52. The van der Waals surface area contributed by atoms with E-state index < -0.39 is 0 Å². The Kier molecular flexibility index (Phi) is 6.61. The number of halogens is 1. The molecule has 0 aromatic carbocycles. The third kappa shape index (κ3) is 5.19. The number of nitrogens with zero attached hydrogens (tertiary/aromatic N) is 2. The van der Waals surface area contributed by atoms with Crippen LogP contribution in [0.4, 0.5) is 0 Å². The van der Waals surface area contributed by atoms with Gasteiger partial charge in [0.05, 0.1) is 5.69 Å². The molecule has 1 heterocycles. The van der Waals surface area contributed by atoms with E-state index in [4.69, 9.17) is 0 Å². The number of rotatable bonds is 5. The lowest BCUT2D eigenvalue weighted by Gasteiger charge is -2.06. The molecule has 0 atom stereocenters. The topological polar surface area (TPSA) is 29.9 Å². The van der Waals surface area contributed by atoms with Gasteiger partial charge in [0.15, 0.2) is 0 Å². The summed E-state index contributed by atoms with van der Waals surface area (Å²) in [6.07, 6.45) is 2.04. The van der Waals surface area contributed by atoms with Gasteiger partial charge in [0.25, 0.3) is 0 Å². The number of nitrogens with one attached hydrogen (secondary N) is 1. The molecule has 0 radical (unpaired) electrons. The minimum Gasteiger partial charge on any atom is -0.311 e. The molecule has 15 heavy (non-hydrogen) atoms. The average molecular weight is 232 g/mol. The van der Waals surface area contributed by atoms with E-state index in [2.05, 4.69) is 44.2 Å². The first-order valence-electron chi connectivity index (χ1n) is 5.34. The first-order valence-corrected chi connectivity index (χ1v) is 5.34. The number of aromatic nitrogens is 2. The molecular weight excluding hydrogens is 210 g/mol. The van der Waals surface area contributed by atoms with Gasteiger partial charge in [0.1, 0.15) is 0 Å². The predicted molar refractivity (Wildman–Crippen MR) is 66.4 cm³/mol. The molecule has 1 rings (SSSR count). The van der Waals surface area contributed by atoms with Crippen LogP contribution >= 0.6 is 12.4 Å². The van der Waals surface area contributed by atoms with Gasteiger partial charge in [-0.05, 0) is 32.4 Å². The van der Waals surface area contributed by atoms with Crippen LogP contribution in [-0.2, 0) is 6.54 Å². The zero-order chi connectivity index (χ0) is 10.6. The summed E-state index contributed by atoms with van der Waals surface area (Å²) in [5.41, 5.74) is 1.12. The van der Waals surface area contributed by atoms with Crippen LogP contribution in [0.1, 0.15) is 39.4 Å². The Hall–Kier alpha value is -0.540. The predicted octanol–water partition coefficient (Wildman–Crippen LogP) is 2.63. The standard InChI is InChI=1S/C11H21N3.ClH/c1-9(2)7-12-8-11-5-6-14(13-11)10(3)4;/h5-6,9-10,12H,7-8H2,1-4H3;1H. The van der Waals surface area contributed by atoms with Gasteiger partial charge in [-0.25, -0.2) is 0 Å². The molecule has 0 spiro atoms. The summed E-state index contributed by atoms with van der Waals surface area (Å²) >= 11 is 0. The smallest absolute Gasteiger partial charge is 0.0762 e. The zero-order valence-corrected chi connectivity index (χ0v) is 10.8. The molecule has 0 fully saturated rings. The van der Waals surface area contributed by atoms with Crippen molar-refractivity contribution in [2.24, 2.45) is 5.92 Å². The minimum absolute atomic E-state index is 0. The van der Waals surface area contributed by atoms with Crippen molar-refractivity contribution in [1.29, 1.82) is 0 Å². The Labute approximate surface area is 98.7 Å². The molecule has 1 aromatic rings. The molecule has 0 aliphatic heterocycles. The Morgan fingerprint density at radius 2 is 2.00 bits per heavy atom. The van der Waals surface area contributed by atoms with Gasteiger partial charge >= 0.3 is 0 Å². The molecule has 0 saturated heterocycles. The highest BCUT2D eigenvalue weighted by molar-refractivity contribution is 5.85. The van der Waals surface area contributed by atoms with Crippen LogP contribution in [0, 0.1) is 5.92 Å². The molecule has 3 nitrogen and oxygen atoms in total. The zero-order valence-electron chi connectivity index (χ0n) is 10.0. The van der Waals surface area contributed by atoms with Crippen molar-refractivity contribution in [2.75, 3.05) is 6.54 Å². The Bertz CT molecular complexity index is 269. The van der Waals surface area contributed by atoms with E-state index in [1.165, 1.54) is 0 Å². The number of hydrogen-bond donors (Lipinski definition) is 1. The van der Waals surface area contributed by atoms with Gasteiger partial charge in [-0.3, -0.25) is 4.68 Å². The third-order valence-electron chi connectivity index (χ3n) is 2.05. The first kappa shape index (κ1) is 14.5. The molecule has 1 aromatic heterocycles. The van der Waals surface area contributed by atoms with Crippen LogP contribution in [-0.4, -0.2) is 16.3 Å². The van der Waals surface area contributed by atoms with Crippen molar-refractivity contribution in [1.82, 2.24) is 15.1 Å². The fraction of sp³-hybridized carbons (Fsp3) is 0.727. The van der Waals surface area contributed by atoms with Crippen molar-refractivity contribution < 1.29 is 0 Å². The van der Waals surface area contributed by atoms with Crippen LogP contribution in [0.15, 0.2) is 12.3 Å². The largest absolute Gasteiger partial charge is 0.311 e. The van der Waals surface area contributed by atoms with E-state index in [1.54, 1.807) is 0 Å². The SMILES string of the molecule is CC(C)CNCc1ccn(C(C)C)n1.Cl. The van der Waals surface area contributed by atoms with E-state index in [0.717, 1.165) is 18.8 Å². The lowest BCUT2D eigenvalue weighted by Crippen LogP contribution is -2.19. The maximum atomic E-state index is 4.46. The maximum absolute atomic E-state index is 4.46. The second kappa shape index (κ2) is 6.85. The summed E-state index contributed by atoms with van der Waals surface area (Å²) < 4.78 is 1.99.